The van der Waals surface area contributed by atoms with E-state index in [0.29, 0.717) is 25.2 Å². The van der Waals surface area contributed by atoms with E-state index in [0.717, 1.165) is 46.3 Å². The highest BCUT2D eigenvalue weighted by Gasteiger charge is 2.31. The van der Waals surface area contributed by atoms with Crippen LogP contribution in [-0.4, -0.2) is 51.8 Å². The Balaban J connectivity index is 1.43. The maximum Gasteiger partial charge on any atom is 0.304 e. The van der Waals surface area contributed by atoms with Crippen molar-refractivity contribution in [2.24, 2.45) is 18.9 Å². The van der Waals surface area contributed by atoms with Gasteiger partial charge in [-0.05, 0) is 42.9 Å². The molecule has 1 aliphatic heterocycles. The number of aromatic nitrogens is 3. The molecule has 0 aliphatic carbocycles. The molecule has 5 rings (SSSR count). The number of aryl methyl sites for hydroxylation is 1. The topological polar surface area (TPSA) is 97.6 Å². The molecule has 0 bridgehead atoms. The highest BCUT2D eigenvalue weighted by molar-refractivity contribution is 7.14. The van der Waals surface area contributed by atoms with Crippen molar-refractivity contribution in [2.45, 2.75) is 25.7 Å². The molecule has 4 heterocycles. The molecule has 198 valence electrons. The minimum absolute atomic E-state index is 0.146. The number of thiazole rings is 1. The van der Waals surface area contributed by atoms with Crippen LogP contribution in [0, 0.1) is 17.0 Å². The Hall–Kier alpha value is -3.63. The number of aliphatic carboxylic acids is 1. The van der Waals surface area contributed by atoms with E-state index < -0.39 is 17.0 Å². The van der Waals surface area contributed by atoms with E-state index in [-0.39, 0.29) is 29.1 Å². The van der Waals surface area contributed by atoms with Crippen molar-refractivity contribution in [1.82, 2.24) is 14.5 Å². The van der Waals surface area contributed by atoms with Gasteiger partial charge in [0.15, 0.2) is 5.13 Å². The Labute approximate surface area is 223 Å². The third kappa shape index (κ3) is 5.32. The second kappa shape index (κ2) is 11.0. The van der Waals surface area contributed by atoms with Gasteiger partial charge in [-0.3, -0.25) is 14.5 Å². The molecule has 1 fully saturated rings. The fourth-order valence-electron chi connectivity index (χ4n) is 5.08. The summed E-state index contributed by atoms with van der Waals surface area (Å²) >= 11 is 0.779. The first-order chi connectivity index (χ1) is 18.3. The van der Waals surface area contributed by atoms with Gasteiger partial charge in [-0.15, -0.1) is 0 Å². The molecule has 0 unspecified atom stereocenters. The number of ether oxygens (including phenoxy) is 1. The van der Waals surface area contributed by atoms with Crippen molar-refractivity contribution in [3.8, 4) is 22.4 Å². The number of halogens is 1. The number of amides is 1. The normalized spacial score (nSPS) is 15.0. The number of carbonyl (C=O) groups excluding carboxylic acids is 1. The van der Waals surface area contributed by atoms with Crippen molar-refractivity contribution < 1.29 is 23.8 Å². The lowest BCUT2D eigenvalue weighted by Crippen LogP contribution is -2.35. The number of hydrogen-bond acceptors (Lipinski definition) is 6. The number of rotatable bonds is 8. The number of carboxylic acid groups (broad SMARTS) is 1. The van der Waals surface area contributed by atoms with E-state index >= 15 is 4.39 Å². The molecule has 38 heavy (non-hydrogen) atoms. The number of fused-ring (bicyclic) bond motifs is 1. The lowest BCUT2D eigenvalue weighted by molar-refractivity contribution is -0.141. The molecule has 0 saturated carbocycles. The summed E-state index contributed by atoms with van der Waals surface area (Å²) in [5, 5.41) is 10.1. The molecule has 3 aromatic heterocycles. The van der Waals surface area contributed by atoms with Crippen LogP contribution in [0.5, 0.6) is 0 Å². The van der Waals surface area contributed by atoms with Crippen LogP contribution in [0.3, 0.4) is 0 Å². The number of anilines is 1. The summed E-state index contributed by atoms with van der Waals surface area (Å²) in [5.74, 6) is -1.90. The standard InChI is InChI=1S/C28H29FN4O4S/c1-32-10-7-18-14-20(16-30-26(18)32)21-5-3-4-6-22(21)24-25(29)38-28(31-24)33(2)27(36)19(15-23(34)35)13-17-8-11-37-12-9-17/h3-7,10,14,16-17,19H,8-9,11-13,15H2,1-2H3,(H,34,35)/t19-/m1/s1. The molecular formula is C28H29FN4O4S. The lowest BCUT2D eigenvalue weighted by Gasteiger charge is -2.27. The van der Waals surface area contributed by atoms with Crippen molar-refractivity contribution in [2.75, 3.05) is 25.2 Å². The van der Waals surface area contributed by atoms with Crippen molar-refractivity contribution in [1.29, 1.82) is 0 Å². The molecule has 10 heteroatoms. The first kappa shape index (κ1) is 26.0. The highest BCUT2D eigenvalue weighted by atomic mass is 32.1. The van der Waals surface area contributed by atoms with E-state index in [4.69, 9.17) is 4.74 Å². The van der Waals surface area contributed by atoms with Crippen LogP contribution in [0.25, 0.3) is 33.4 Å². The number of carboxylic acids is 1. The van der Waals surface area contributed by atoms with Gasteiger partial charge in [-0.1, -0.05) is 35.6 Å². The Kier molecular flexibility index (Phi) is 7.53. The molecule has 1 amide bonds. The number of nitrogens with zero attached hydrogens (tertiary/aromatic N) is 4. The van der Waals surface area contributed by atoms with Crippen LogP contribution >= 0.6 is 11.3 Å². The van der Waals surface area contributed by atoms with Gasteiger partial charge in [-0.25, -0.2) is 9.97 Å². The van der Waals surface area contributed by atoms with Gasteiger partial charge in [0.2, 0.25) is 11.0 Å². The van der Waals surface area contributed by atoms with Crippen LogP contribution in [0.15, 0.2) is 48.8 Å². The molecular weight excluding hydrogens is 507 g/mol. The average molecular weight is 537 g/mol. The van der Waals surface area contributed by atoms with Crippen LogP contribution in [0.4, 0.5) is 9.52 Å². The van der Waals surface area contributed by atoms with Gasteiger partial charge in [0.25, 0.3) is 0 Å². The summed E-state index contributed by atoms with van der Waals surface area (Å²) in [4.78, 5) is 35.3. The first-order valence-electron chi connectivity index (χ1n) is 12.6. The third-order valence-electron chi connectivity index (χ3n) is 7.12. The Morgan fingerprint density at radius 1 is 1.24 bits per heavy atom. The quantitative estimate of drug-likeness (QED) is 0.325. The molecule has 0 radical (unpaired) electrons. The van der Waals surface area contributed by atoms with Gasteiger partial charge in [0.05, 0.1) is 6.42 Å². The summed E-state index contributed by atoms with van der Waals surface area (Å²) in [7, 11) is 3.46. The van der Waals surface area contributed by atoms with Crippen molar-refractivity contribution in [3.05, 3.63) is 53.9 Å². The number of carbonyl (C=O) groups is 2. The van der Waals surface area contributed by atoms with E-state index in [1.807, 2.05) is 48.1 Å². The SMILES string of the molecule is CN(C(=O)[C@@H](CC(=O)O)CC1CCOCC1)c1nc(-c2ccccc2-c2cnc3c(ccn3C)c2)c(F)s1. The zero-order chi connectivity index (χ0) is 26.8. The number of hydrogen-bond donors (Lipinski definition) is 1. The molecule has 1 atom stereocenters. The molecule has 1 N–H and O–H groups in total. The highest BCUT2D eigenvalue weighted by Crippen LogP contribution is 2.38. The minimum Gasteiger partial charge on any atom is -0.481 e. The minimum atomic E-state index is -1.03. The average Bonchev–Trinajstić information content (AvgIpc) is 3.49. The van der Waals surface area contributed by atoms with Gasteiger partial charge in [0, 0.05) is 62.1 Å². The zero-order valence-corrected chi connectivity index (χ0v) is 22.1. The molecule has 0 spiro atoms. The van der Waals surface area contributed by atoms with Gasteiger partial charge in [-0.2, -0.15) is 4.39 Å². The Morgan fingerprint density at radius 2 is 1.97 bits per heavy atom. The third-order valence-corrected chi connectivity index (χ3v) is 8.04. The summed E-state index contributed by atoms with van der Waals surface area (Å²) in [6, 6.07) is 11.4. The predicted octanol–water partition coefficient (Wildman–Crippen LogP) is 5.37. The molecule has 8 nitrogen and oxygen atoms in total. The Morgan fingerprint density at radius 3 is 2.71 bits per heavy atom. The molecule has 1 aliphatic rings. The summed E-state index contributed by atoms with van der Waals surface area (Å²) in [5.41, 5.74) is 3.20. The van der Waals surface area contributed by atoms with Gasteiger partial charge >= 0.3 is 5.97 Å². The monoisotopic (exact) mass is 536 g/mol. The molecule has 1 saturated heterocycles. The zero-order valence-electron chi connectivity index (χ0n) is 21.3. The van der Waals surface area contributed by atoms with E-state index in [1.54, 1.807) is 12.3 Å². The maximum absolute atomic E-state index is 15.3. The molecule has 4 aromatic rings. The summed E-state index contributed by atoms with van der Waals surface area (Å²) in [6.07, 6.45) is 5.46. The van der Waals surface area contributed by atoms with Crippen LogP contribution in [0.2, 0.25) is 0 Å². The maximum atomic E-state index is 15.3. The number of pyridine rings is 1. The first-order valence-corrected chi connectivity index (χ1v) is 13.4. The number of benzene rings is 1. The second-order valence-corrected chi connectivity index (χ2v) is 10.6. The smallest absolute Gasteiger partial charge is 0.304 e. The van der Waals surface area contributed by atoms with E-state index in [1.165, 1.54) is 11.9 Å². The van der Waals surface area contributed by atoms with E-state index in [2.05, 4.69) is 9.97 Å². The van der Waals surface area contributed by atoms with Crippen LogP contribution in [0.1, 0.15) is 25.7 Å². The Bertz CT molecular complexity index is 1480. The molecule has 1 aromatic carbocycles. The largest absolute Gasteiger partial charge is 0.481 e. The lowest BCUT2D eigenvalue weighted by atomic mass is 9.86. The van der Waals surface area contributed by atoms with Crippen LogP contribution in [-0.2, 0) is 21.4 Å². The van der Waals surface area contributed by atoms with Crippen molar-refractivity contribution in [3.63, 3.8) is 0 Å². The van der Waals surface area contributed by atoms with Crippen molar-refractivity contribution >= 4 is 39.4 Å². The summed E-state index contributed by atoms with van der Waals surface area (Å²) < 4.78 is 22.7. The predicted molar refractivity (Wildman–Crippen MR) is 145 cm³/mol. The van der Waals surface area contributed by atoms with E-state index in [9.17, 15) is 14.7 Å². The van der Waals surface area contributed by atoms with Crippen LogP contribution < -0.4 is 4.90 Å². The van der Waals surface area contributed by atoms with Gasteiger partial charge < -0.3 is 14.4 Å². The second-order valence-electron chi connectivity index (χ2n) is 9.71. The summed E-state index contributed by atoms with van der Waals surface area (Å²) in [6.45, 7) is 1.23. The fraction of sp³-hybridized carbons (Fsp3) is 0.357. The fourth-order valence-corrected chi connectivity index (χ4v) is 5.85. The van der Waals surface area contributed by atoms with Gasteiger partial charge in [0.1, 0.15) is 11.3 Å².